The number of hydrogen-bond donors (Lipinski definition) is 2. The SMILES string of the molecule is Cc1nc2nc(=S)[nH]n2c(C)c1CCC(=O)NC[C@@H](c1ccc(F)cc1)N1CCOCC1. The van der Waals surface area contributed by atoms with E-state index in [0.29, 0.717) is 43.1 Å². The first-order chi connectivity index (χ1) is 15.4. The van der Waals surface area contributed by atoms with Crippen molar-refractivity contribution in [3.8, 4) is 0 Å². The molecule has 1 aliphatic heterocycles. The van der Waals surface area contributed by atoms with Gasteiger partial charge in [0.25, 0.3) is 5.78 Å². The number of ether oxygens (including phenoxy) is 1. The van der Waals surface area contributed by atoms with Crippen molar-refractivity contribution in [2.24, 2.45) is 0 Å². The van der Waals surface area contributed by atoms with Crippen molar-refractivity contribution < 1.29 is 13.9 Å². The number of nitrogens with one attached hydrogen (secondary N) is 2. The Morgan fingerprint density at radius 2 is 1.97 bits per heavy atom. The zero-order valence-corrected chi connectivity index (χ0v) is 19.0. The number of amides is 1. The monoisotopic (exact) mass is 458 g/mol. The Morgan fingerprint density at radius 3 is 2.69 bits per heavy atom. The standard InChI is InChI=1S/C22H27FN6O2S/c1-14-18(15(2)29-21(25-14)26-22(32)27-29)7-8-20(30)24-13-19(28-9-11-31-12-10-28)16-3-5-17(23)6-4-16/h3-6,19H,7-13H2,1-2H3,(H,24,30)(H,27,32)/t19-/m0/s1. The van der Waals surface area contributed by atoms with Crippen molar-refractivity contribution in [2.75, 3.05) is 32.8 Å². The van der Waals surface area contributed by atoms with Crippen LogP contribution in [0.4, 0.5) is 4.39 Å². The van der Waals surface area contributed by atoms with Gasteiger partial charge >= 0.3 is 0 Å². The van der Waals surface area contributed by atoms with Crippen LogP contribution < -0.4 is 5.32 Å². The number of rotatable bonds is 7. The van der Waals surface area contributed by atoms with Crippen molar-refractivity contribution in [3.63, 3.8) is 0 Å². The number of hydrogen-bond acceptors (Lipinski definition) is 6. The number of carbonyl (C=O) groups excluding carboxylic acids is 1. The molecule has 10 heteroatoms. The summed E-state index contributed by atoms with van der Waals surface area (Å²) in [6, 6.07) is 6.45. The Kier molecular flexibility index (Phi) is 6.92. The molecule has 1 aromatic carbocycles. The molecule has 1 amide bonds. The molecule has 170 valence electrons. The summed E-state index contributed by atoms with van der Waals surface area (Å²) in [6.07, 6.45) is 0.896. The summed E-state index contributed by atoms with van der Waals surface area (Å²) in [6.45, 7) is 7.18. The van der Waals surface area contributed by atoms with Gasteiger partial charge in [0.05, 0.1) is 19.3 Å². The topological polar surface area (TPSA) is 87.5 Å². The number of halogens is 1. The fraction of sp³-hybridized carbons (Fsp3) is 0.455. The van der Waals surface area contributed by atoms with Crippen LogP contribution in [0, 0.1) is 24.4 Å². The van der Waals surface area contributed by atoms with Crippen LogP contribution in [0.5, 0.6) is 0 Å². The van der Waals surface area contributed by atoms with Crippen molar-refractivity contribution in [2.45, 2.75) is 32.7 Å². The molecule has 0 spiro atoms. The molecule has 0 saturated carbocycles. The Balaban J connectivity index is 1.42. The van der Waals surface area contributed by atoms with Crippen molar-refractivity contribution in [1.82, 2.24) is 29.8 Å². The van der Waals surface area contributed by atoms with Crippen molar-refractivity contribution >= 4 is 23.9 Å². The number of aryl methyl sites for hydroxylation is 2. The predicted molar refractivity (Wildman–Crippen MR) is 121 cm³/mol. The second-order valence-corrected chi connectivity index (χ2v) is 8.33. The van der Waals surface area contributed by atoms with E-state index >= 15 is 0 Å². The number of fused-ring (bicyclic) bond motifs is 1. The lowest BCUT2D eigenvalue weighted by Crippen LogP contribution is -2.43. The molecule has 1 saturated heterocycles. The maximum Gasteiger partial charge on any atom is 0.252 e. The fourth-order valence-electron chi connectivity index (χ4n) is 4.17. The first-order valence-electron chi connectivity index (χ1n) is 10.7. The molecule has 0 unspecified atom stereocenters. The minimum absolute atomic E-state index is 0.0315. The van der Waals surface area contributed by atoms with Gasteiger partial charge in [0.1, 0.15) is 5.82 Å². The first-order valence-corrected chi connectivity index (χ1v) is 11.1. The zero-order chi connectivity index (χ0) is 22.7. The second-order valence-electron chi connectivity index (χ2n) is 7.95. The van der Waals surface area contributed by atoms with Gasteiger partial charge in [0.15, 0.2) is 0 Å². The van der Waals surface area contributed by atoms with E-state index in [1.54, 1.807) is 16.6 Å². The highest BCUT2D eigenvalue weighted by atomic mass is 32.1. The number of H-pyrrole nitrogens is 1. The van der Waals surface area contributed by atoms with Gasteiger partial charge < -0.3 is 10.1 Å². The number of morpholine rings is 1. The molecular formula is C22H27FN6O2S. The van der Waals surface area contributed by atoms with Crippen LogP contribution in [0.3, 0.4) is 0 Å². The van der Waals surface area contributed by atoms with Crippen LogP contribution in [0.15, 0.2) is 24.3 Å². The molecule has 3 heterocycles. The summed E-state index contributed by atoms with van der Waals surface area (Å²) in [5.74, 6) is 0.224. The summed E-state index contributed by atoms with van der Waals surface area (Å²) in [4.78, 5) is 23.7. The molecule has 32 heavy (non-hydrogen) atoms. The molecule has 0 bridgehead atoms. The second kappa shape index (κ2) is 9.85. The van der Waals surface area contributed by atoms with Crippen LogP contribution >= 0.6 is 12.2 Å². The van der Waals surface area contributed by atoms with E-state index in [0.717, 1.165) is 35.6 Å². The molecule has 4 rings (SSSR count). The molecule has 1 atom stereocenters. The molecule has 0 aliphatic carbocycles. The number of benzene rings is 1. The van der Waals surface area contributed by atoms with Gasteiger partial charge in [-0.2, -0.15) is 4.98 Å². The molecule has 8 nitrogen and oxygen atoms in total. The molecule has 2 aromatic heterocycles. The normalized spacial score (nSPS) is 15.7. The van der Waals surface area contributed by atoms with Crippen molar-refractivity contribution in [1.29, 1.82) is 0 Å². The summed E-state index contributed by atoms with van der Waals surface area (Å²) in [5, 5.41) is 6.06. The number of aromatic nitrogens is 4. The third-order valence-corrected chi connectivity index (χ3v) is 6.10. The number of nitrogens with zero attached hydrogens (tertiary/aromatic N) is 4. The summed E-state index contributed by atoms with van der Waals surface area (Å²) in [7, 11) is 0. The van der Waals surface area contributed by atoms with Gasteiger partial charge in [0.2, 0.25) is 10.7 Å². The van der Waals surface area contributed by atoms with E-state index < -0.39 is 0 Å². The van der Waals surface area contributed by atoms with Gasteiger partial charge in [-0.1, -0.05) is 12.1 Å². The molecule has 1 fully saturated rings. The highest BCUT2D eigenvalue weighted by Gasteiger charge is 2.23. The molecule has 3 aromatic rings. The highest BCUT2D eigenvalue weighted by molar-refractivity contribution is 7.71. The van der Waals surface area contributed by atoms with E-state index in [4.69, 9.17) is 17.0 Å². The summed E-state index contributed by atoms with van der Waals surface area (Å²) in [5.41, 5.74) is 3.76. The smallest absolute Gasteiger partial charge is 0.252 e. The van der Waals surface area contributed by atoms with Crippen LogP contribution in [-0.4, -0.2) is 63.2 Å². The van der Waals surface area contributed by atoms with Gasteiger partial charge in [-0.3, -0.25) is 14.8 Å². The first kappa shape index (κ1) is 22.5. The average molecular weight is 459 g/mol. The van der Waals surface area contributed by atoms with Crippen LogP contribution in [-0.2, 0) is 16.0 Å². The Bertz CT molecular complexity index is 1150. The van der Waals surface area contributed by atoms with Crippen LogP contribution in [0.1, 0.15) is 35.0 Å². The van der Waals surface area contributed by atoms with Gasteiger partial charge in [-0.15, -0.1) is 0 Å². The quantitative estimate of drug-likeness (QED) is 0.530. The van der Waals surface area contributed by atoms with Gasteiger partial charge in [-0.25, -0.2) is 13.9 Å². The molecule has 1 aliphatic rings. The average Bonchev–Trinajstić information content (AvgIpc) is 3.16. The van der Waals surface area contributed by atoms with Crippen molar-refractivity contribution in [3.05, 3.63) is 57.4 Å². The van der Waals surface area contributed by atoms with E-state index in [-0.39, 0.29) is 17.8 Å². The van der Waals surface area contributed by atoms with Crippen LogP contribution in [0.2, 0.25) is 0 Å². The number of aromatic amines is 1. The van der Waals surface area contributed by atoms with E-state index in [2.05, 4.69) is 25.3 Å². The maximum absolute atomic E-state index is 13.4. The van der Waals surface area contributed by atoms with Crippen LogP contribution in [0.25, 0.3) is 5.78 Å². The Morgan fingerprint density at radius 1 is 1.25 bits per heavy atom. The third kappa shape index (κ3) is 5.03. The molecule has 2 N–H and O–H groups in total. The van der Waals surface area contributed by atoms with E-state index in [9.17, 15) is 9.18 Å². The predicted octanol–water partition coefficient (Wildman–Crippen LogP) is 2.67. The summed E-state index contributed by atoms with van der Waals surface area (Å²) < 4.78 is 21.0. The lowest BCUT2D eigenvalue weighted by molar-refractivity contribution is -0.121. The Hall–Kier alpha value is -2.69. The maximum atomic E-state index is 13.4. The lowest BCUT2D eigenvalue weighted by atomic mass is 10.0. The molecular weight excluding hydrogens is 431 g/mol. The summed E-state index contributed by atoms with van der Waals surface area (Å²) >= 11 is 5.10. The third-order valence-electron chi connectivity index (χ3n) is 5.92. The zero-order valence-electron chi connectivity index (χ0n) is 18.2. The van der Waals surface area contributed by atoms with E-state index in [1.165, 1.54) is 12.1 Å². The Labute approximate surface area is 190 Å². The largest absolute Gasteiger partial charge is 0.379 e. The fourth-order valence-corrected chi connectivity index (χ4v) is 4.34. The van der Waals surface area contributed by atoms with Gasteiger partial charge in [0, 0.05) is 37.4 Å². The highest BCUT2D eigenvalue weighted by Crippen LogP contribution is 2.22. The van der Waals surface area contributed by atoms with Gasteiger partial charge in [-0.05, 0) is 55.7 Å². The van der Waals surface area contributed by atoms with E-state index in [1.807, 2.05) is 13.8 Å². The lowest BCUT2D eigenvalue weighted by Gasteiger charge is -2.35. The minimum Gasteiger partial charge on any atom is -0.379 e. The molecule has 0 radical (unpaired) electrons. The number of carbonyl (C=O) groups is 1. The minimum atomic E-state index is -0.270.